The van der Waals surface area contributed by atoms with Crippen molar-refractivity contribution in [3.05, 3.63) is 41.5 Å². The molecule has 1 rings (SSSR count). The molecule has 0 fully saturated rings. The lowest BCUT2D eigenvalue weighted by Gasteiger charge is -2.17. The maximum absolute atomic E-state index is 11.3. The molecule has 1 aromatic rings. The Morgan fingerprint density at radius 2 is 1.75 bits per heavy atom. The van der Waals surface area contributed by atoms with Crippen LogP contribution in [0, 0.1) is 0 Å². The number of rotatable bonds is 14. The predicted molar refractivity (Wildman–Crippen MR) is 120 cm³/mol. The molecule has 4 N–H and O–H groups in total. The number of aliphatic hydroxyl groups is 1. The minimum atomic E-state index is -1.26. The molecule has 1 aromatic carbocycles. The molecule has 0 saturated carbocycles. The van der Waals surface area contributed by atoms with E-state index in [1.807, 2.05) is 32.0 Å². The number of aliphatic carboxylic acids is 2. The Kier molecular flexibility index (Phi) is 15.4. The van der Waals surface area contributed by atoms with Crippen LogP contribution in [0.4, 0.5) is 0 Å². The molecule has 0 spiro atoms. The van der Waals surface area contributed by atoms with E-state index in [0.717, 1.165) is 17.5 Å². The van der Waals surface area contributed by atoms with Gasteiger partial charge in [-0.3, -0.25) is 4.79 Å². The average Bonchev–Trinajstić information content (AvgIpc) is 2.70. The highest BCUT2D eigenvalue weighted by atomic mass is 16.5. The Bertz CT molecular complexity index is 730. The highest BCUT2D eigenvalue weighted by Crippen LogP contribution is 2.22. The van der Waals surface area contributed by atoms with Crippen molar-refractivity contribution in [3.8, 4) is 5.75 Å². The minimum absolute atomic E-state index is 0.124. The first-order valence-electron chi connectivity index (χ1n) is 10.4. The van der Waals surface area contributed by atoms with Gasteiger partial charge < -0.3 is 30.1 Å². The van der Waals surface area contributed by atoms with Crippen LogP contribution in [-0.4, -0.2) is 64.9 Å². The van der Waals surface area contributed by atoms with E-state index in [0.29, 0.717) is 50.1 Å². The number of Topliss-reactive ketones (excluding diaryl/α,β-unsaturated/α-hetero) is 1. The van der Waals surface area contributed by atoms with Gasteiger partial charge in [0, 0.05) is 43.3 Å². The van der Waals surface area contributed by atoms with Crippen LogP contribution < -0.4 is 10.1 Å². The van der Waals surface area contributed by atoms with Crippen molar-refractivity contribution in [2.45, 2.75) is 59.3 Å². The normalized spacial score (nSPS) is 11.7. The second-order valence-electron chi connectivity index (χ2n) is 7.41. The van der Waals surface area contributed by atoms with E-state index in [9.17, 15) is 19.5 Å². The number of carbonyl (C=O) groups is 3. The molecule has 0 bridgehead atoms. The zero-order chi connectivity index (χ0) is 24.5. The molecule has 1 unspecified atom stereocenters. The van der Waals surface area contributed by atoms with Crippen LogP contribution in [0.25, 0.3) is 0 Å². The van der Waals surface area contributed by atoms with Gasteiger partial charge in [0.1, 0.15) is 24.2 Å². The number of carboxylic acids is 2. The fourth-order valence-corrected chi connectivity index (χ4v) is 2.37. The molecular weight excluding hydrogens is 418 g/mol. The third-order valence-electron chi connectivity index (χ3n) is 3.75. The summed E-state index contributed by atoms with van der Waals surface area (Å²) in [6.07, 6.45) is 1.89. The first-order chi connectivity index (χ1) is 15.0. The van der Waals surface area contributed by atoms with Gasteiger partial charge in [0.05, 0.1) is 6.61 Å². The second kappa shape index (κ2) is 16.9. The van der Waals surface area contributed by atoms with Gasteiger partial charge in [-0.15, -0.1) is 0 Å². The molecule has 0 aliphatic carbocycles. The second-order valence-corrected chi connectivity index (χ2v) is 7.41. The Morgan fingerprint density at radius 1 is 1.12 bits per heavy atom. The van der Waals surface area contributed by atoms with Gasteiger partial charge in [-0.2, -0.15) is 0 Å². The number of ketones is 1. The Labute approximate surface area is 189 Å². The SMILES string of the molecule is CCCOCc1cc(CC(C)=O)ccc1OCC(O)CNC(C)C.O=C(O)/C=C\C(=O)O. The van der Waals surface area contributed by atoms with E-state index in [2.05, 4.69) is 12.2 Å². The fraction of sp³-hybridized carbons (Fsp3) is 0.522. The zero-order valence-corrected chi connectivity index (χ0v) is 19.2. The summed E-state index contributed by atoms with van der Waals surface area (Å²) >= 11 is 0. The molecule has 0 radical (unpaired) electrons. The quantitative estimate of drug-likeness (QED) is 0.246. The number of carboxylic acid groups (broad SMARTS) is 2. The highest BCUT2D eigenvalue weighted by molar-refractivity contribution is 5.89. The number of carbonyl (C=O) groups excluding carboxylic acids is 1. The van der Waals surface area contributed by atoms with E-state index in [1.54, 1.807) is 6.92 Å². The molecule has 0 aromatic heterocycles. The molecule has 0 heterocycles. The summed E-state index contributed by atoms with van der Waals surface area (Å²) < 4.78 is 11.4. The van der Waals surface area contributed by atoms with Crippen LogP contribution in [0.5, 0.6) is 5.75 Å². The summed E-state index contributed by atoms with van der Waals surface area (Å²) in [7, 11) is 0. The lowest BCUT2D eigenvalue weighted by Crippen LogP contribution is -2.35. The van der Waals surface area contributed by atoms with E-state index < -0.39 is 18.0 Å². The largest absolute Gasteiger partial charge is 0.490 e. The summed E-state index contributed by atoms with van der Waals surface area (Å²) in [6, 6.07) is 6.01. The van der Waals surface area contributed by atoms with Gasteiger partial charge in [-0.05, 0) is 31.0 Å². The van der Waals surface area contributed by atoms with Crippen molar-refractivity contribution in [1.29, 1.82) is 0 Å². The van der Waals surface area contributed by atoms with Crippen molar-refractivity contribution < 1.29 is 39.2 Å². The molecule has 0 aliphatic rings. The molecule has 32 heavy (non-hydrogen) atoms. The Hall–Kier alpha value is -2.75. The Morgan fingerprint density at radius 3 is 2.25 bits per heavy atom. The lowest BCUT2D eigenvalue weighted by atomic mass is 10.1. The van der Waals surface area contributed by atoms with Gasteiger partial charge in [0.25, 0.3) is 0 Å². The standard InChI is InChI=1S/C19H31NO4.C4H4O4/c1-5-8-23-12-17-10-16(9-15(4)21)6-7-19(17)24-13-18(22)11-20-14(2)3;5-3(6)1-2-4(7)8/h6-7,10,14,18,20,22H,5,8-9,11-13H2,1-4H3;1-2H,(H,5,6)(H,7,8)/b;2-1-. The summed E-state index contributed by atoms with van der Waals surface area (Å²) in [6.45, 7) is 9.52. The molecular formula is C23H35NO8. The smallest absolute Gasteiger partial charge is 0.328 e. The van der Waals surface area contributed by atoms with Crippen LogP contribution in [0.15, 0.2) is 30.4 Å². The summed E-state index contributed by atoms with van der Waals surface area (Å²) in [5.74, 6) is -1.69. The van der Waals surface area contributed by atoms with Gasteiger partial charge in [0.15, 0.2) is 0 Å². The first-order valence-corrected chi connectivity index (χ1v) is 10.4. The molecule has 1 atom stereocenters. The third kappa shape index (κ3) is 16.0. The fourth-order valence-electron chi connectivity index (χ4n) is 2.37. The van der Waals surface area contributed by atoms with Crippen molar-refractivity contribution in [2.24, 2.45) is 0 Å². The maximum Gasteiger partial charge on any atom is 0.328 e. The third-order valence-corrected chi connectivity index (χ3v) is 3.75. The predicted octanol–water partition coefficient (Wildman–Crippen LogP) is 2.19. The molecule has 0 saturated heterocycles. The first kappa shape index (κ1) is 29.2. The molecule has 9 nitrogen and oxygen atoms in total. The van der Waals surface area contributed by atoms with Gasteiger partial charge in [-0.25, -0.2) is 9.59 Å². The highest BCUT2D eigenvalue weighted by Gasteiger charge is 2.11. The van der Waals surface area contributed by atoms with Crippen LogP contribution in [0.1, 0.15) is 45.2 Å². The maximum atomic E-state index is 11.3. The van der Waals surface area contributed by atoms with E-state index in [1.165, 1.54) is 0 Å². The number of nitrogens with one attached hydrogen (secondary N) is 1. The van der Waals surface area contributed by atoms with Gasteiger partial charge >= 0.3 is 11.9 Å². The van der Waals surface area contributed by atoms with Crippen molar-refractivity contribution in [3.63, 3.8) is 0 Å². The van der Waals surface area contributed by atoms with Crippen molar-refractivity contribution in [1.82, 2.24) is 5.32 Å². The molecule has 0 aliphatic heterocycles. The molecule has 180 valence electrons. The van der Waals surface area contributed by atoms with Crippen LogP contribution in [0.3, 0.4) is 0 Å². The van der Waals surface area contributed by atoms with Gasteiger partial charge in [-0.1, -0.05) is 26.8 Å². The topological polar surface area (TPSA) is 142 Å². The number of benzene rings is 1. The van der Waals surface area contributed by atoms with E-state index in [-0.39, 0.29) is 12.4 Å². The molecule has 9 heteroatoms. The number of hydrogen-bond acceptors (Lipinski definition) is 7. The van der Waals surface area contributed by atoms with Crippen LogP contribution in [-0.2, 0) is 32.1 Å². The summed E-state index contributed by atoms with van der Waals surface area (Å²) in [5.41, 5.74) is 1.86. The summed E-state index contributed by atoms with van der Waals surface area (Å²) in [4.78, 5) is 30.4. The van der Waals surface area contributed by atoms with Crippen LogP contribution >= 0.6 is 0 Å². The lowest BCUT2D eigenvalue weighted by molar-refractivity contribution is -0.134. The van der Waals surface area contributed by atoms with Gasteiger partial charge in [0.2, 0.25) is 0 Å². The minimum Gasteiger partial charge on any atom is -0.490 e. The zero-order valence-electron chi connectivity index (χ0n) is 19.2. The van der Waals surface area contributed by atoms with E-state index in [4.69, 9.17) is 19.7 Å². The number of aliphatic hydroxyl groups excluding tert-OH is 1. The summed E-state index contributed by atoms with van der Waals surface area (Å²) in [5, 5.41) is 28.8. The van der Waals surface area contributed by atoms with Crippen LogP contribution in [0.2, 0.25) is 0 Å². The number of ether oxygens (including phenoxy) is 2. The monoisotopic (exact) mass is 453 g/mol. The van der Waals surface area contributed by atoms with Crippen molar-refractivity contribution >= 4 is 17.7 Å². The number of hydrogen-bond donors (Lipinski definition) is 4. The van der Waals surface area contributed by atoms with Crippen molar-refractivity contribution in [2.75, 3.05) is 19.8 Å². The van der Waals surface area contributed by atoms with E-state index >= 15 is 0 Å². The molecule has 0 amide bonds. The Balaban J connectivity index is 0.00000102. The average molecular weight is 454 g/mol.